The van der Waals surface area contributed by atoms with Crippen molar-refractivity contribution in [2.24, 2.45) is 0 Å². The van der Waals surface area contributed by atoms with Gasteiger partial charge in [-0.25, -0.2) is 0 Å². The quantitative estimate of drug-likeness (QED) is 0.648. The van der Waals surface area contributed by atoms with Gasteiger partial charge in [-0.05, 0) is 18.2 Å². The van der Waals surface area contributed by atoms with E-state index in [-0.39, 0.29) is 11.2 Å². The Bertz CT molecular complexity index is 565. The normalized spacial score (nSPS) is 18.5. The minimum Gasteiger partial charge on any atom is -0.382 e. The molecule has 1 heterocycles. The minimum absolute atomic E-state index is 0.00233. The van der Waals surface area contributed by atoms with Crippen LogP contribution in [0.2, 0.25) is 10.0 Å². The zero-order valence-corrected chi connectivity index (χ0v) is 13.6. The molecular formula is C13H12Cl2N2OS2. The second-order valence-corrected chi connectivity index (χ2v) is 6.80. The lowest BCUT2D eigenvalue weighted by Gasteiger charge is -2.14. The van der Waals surface area contributed by atoms with Crippen LogP contribution in [0.25, 0.3) is 0 Å². The molecule has 1 aromatic carbocycles. The van der Waals surface area contributed by atoms with Crippen molar-refractivity contribution >= 4 is 63.1 Å². The molecule has 1 aliphatic rings. The predicted molar refractivity (Wildman–Crippen MR) is 90.8 cm³/mol. The number of nitrogens with zero attached hydrogens (tertiary/aromatic N) is 1. The first-order valence-electron chi connectivity index (χ1n) is 5.84. The summed E-state index contributed by atoms with van der Waals surface area (Å²) in [6, 6.07) is 5.19. The van der Waals surface area contributed by atoms with Crippen LogP contribution < -0.4 is 5.32 Å². The van der Waals surface area contributed by atoms with Crippen molar-refractivity contribution in [1.29, 1.82) is 0 Å². The van der Waals surface area contributed by atoms with Crippen molar-refractivity contribution in [3.63, 3.8) is 0 Å². The summed E-state index contributed by atoms with van der Waals surface area (Å²) in [6.07, 6.45) is 1.66. The van der Waals surface area contributed by atoms with Crippen LogP contribution >= 0.6 is 47.2 Å². The van der Waals surface area contributed by atoms with E-state index in [2.05, 4.69) is 11.9 Å². The molecule has 1 fully saturated rings. The maximum atomic E-state index is 12.1. The van der Waals surface area contributed by atoms with Gasteiger partial charge in [-0.3, -0.25) is 9.69 Å². The van der Waals surface area contributed by atoms with Gasteiger partial charge in [0.05, 0.1) is 10.7 Å². The standard InChI is InChI=1S/C13H12Cl2N2OS2/c1-2-5-17-12(18)11(20-13(17)19)7-16-10-4-3-8(14)6-9(10)15/h2-4,6,11,16H,1,5,7H2. The number of anilines is 1. The molecule has 0 spiro atoms. The van der Waals surface area contributed by atoms with E-state index in [0.717, 1.165) is 5.69 Å². The Kier molecular flexibility index (Phi) is 5.32. The van der Waals surface area contributed by atoms with Crippen molar-refractivity contribution < 1.29 is 4.79 Å². The average Bonchev–Trinajstić information content (AvgIpc) is 2.66. The van der Waals surface area contributed by atoms with E-state index in [1.165, 1.54) is 11.8 Å². The molecule has 1 amide bonds. The Labute approximate surface area is 137 Å². The second kappa shape index (κ2) is 6.80. The maximum absolute atomic E-state index is 12.1. The zero-order chi connectivity index (χ0) is 14.7. The number of hydrogen-bond acceptors (Lipinski definition) is 4. The van der Waals surface area contributed by atoms with Gasteiger partial charge in [0.1, 0.15) is 9.57 Å². The van der Waals surface area contributed by atoms with Crippen LogP contribution in [-0.4, -0.2) is 33.5 Å². The molecular weight excluding hydrogens is 335 g/mol. The monoisotopic (exact) mass is 346 g/mol. The van der Waals surface area contributed by atoms with Crippen molar-refractivity contribution in [3.05, 3.63) is 40.9 Å². The fourth-order valence-corrected chi connectivity index (χ4v) is 3.68. The van der Waals surface area contributed by atoms with E-state index in [1.54, 1.807) is 29.2 Å². The second-order valence-electron chi connectivity index (χ2n) is 4.11. The van der Waals surface area contributed by atoms with E-state index in [1.807, 2.05) is 0 Å². The largest absolute Gasteiger partial charge is 0.382 e. The average molecular weight is 347 g/mol. The molecule has 0 bridgehead atoms. The van der Waals surface area contributed by atoms with Crippen molar-refractivity contribution in [2.45, 2.75) is 5.25 Å². The third-order valence-electron chi connectivity index (χ3n) is 2.73. The van der Waals surface area contributed by atoms with Gasteiger partial charge >= 0.3 is 0 Å². The lowest BCUT2D eigenvalue weighted by molar-refractivity contribution is -0.125. The summed E-state index contributed by atoms with van der Waals surface area (Å²) in [5, 5.41) is 4.01. The number of nitrogens with one attached hydrogen (secondary N) is 1. The topological polar surface area (TPSA) is 32.3 Å². The SMILES string of the molecule is C=CCN1C(=O)C(CNc2ccc(Cl)cc2Cl)SC1=S. The number of carbonyl (C=O) groups excluding carboxylic acids is 1. The van der Waals surface area contributed by atoms with Gasteiger partial charge in [0.2, 0.25) is 5.91 Å². The summed E-state index contributed by atoms with van der Waals surface area (Å²) in [6.45, 7) is 4.53. The van der Waals surface area contributed by atoms with Crippen molar-refractivity contribution in [1.82, 2.24) is 4.90 Å². The Hall–Kier alpha value is -0.750. The number of hydrogen-bond donors (Lipinski definition) is 1. The van der Waals surface area contributed by atoms with Crippen LogP contribution in [0.3, 0.4) is 0 Å². The molecule has 7 heteroatoms. The first kappa shape index (κ1) is 15.6. The molecule has 0 saturated carbocycles. The summed E-state index contributed by atoms with van der Waals surface area (Å²) in [5.74, 6) is -0.00233. The molecule has 0 radical (unpaired) electrons. The summed E-state index contributed by atoms with van der Waals surface area (Å²) in [5.41, 5.74) is 0.748. The number of thiocarbonyl (C=S) groups is 1. The number of amides is 1. The smallest absolute Gasteiger partial charge is 0.243 e. The highest BCUT2D eigenvalue weighted by Crippen LogP contribution is 2.29. The van der Waals surface area contributed by atoms with Crippen LogP contribution in [0.15, 0.2) is 30.9 Å². The van der Waals surface area contributed by atoms with Crippen LogP contribution in [-0.2, 0) is 4.79 Å². The molecule has 3 nitrogen and oxygen atoms in total. The van der Waals surface area contributed by atoms with Crippen LogP contribution in [0.1, 0.15) is 0 Å². The molecule has 20 heavy (non-hydrogen) atoms. The number of carbonyl (C=O) groups is 1. The van der Waals surface area contributed by atoms with Crippen LogP contribution in [0, 0.1) is 0 Å². The van der Waals surface area contributed by atoms with Gasteiger partial charge < -0.3 is 5.32 Å². The third kappa shape index (κ3) is 3.47. The number of benzene rings is 1. The summed E-state index contributed by atoms with van der Waals surface area (Å²) < 4.78 is 0.587. The lowest BCUT2D eigenvalue weighted by Crippen LogP contribution is -2.34. The zero-order valence-electron chi connectivity index (χ0n) is 10.4. The Balaban J connectivity index is 1.99. The third-order valence-corrected chi connectivity index (χ3v) is 4.86. The number of halogens is 2. The van der Waals surface area contributed by atoms with Crippen LogP contribution in [0.5, 0.6) is 0 Å². The van der Waals surface area contributed by atoms with E-state index >= 15 is 0 Å². The lowest BCUT2D eigenvalue weighted by atomic mass is 10.3. The first-order valence-corrected chi connectivity index (χ1v) is 7.89. The minimum atomic E-state index is -0.241. The summed E-state index contributed by atoms with van der Waals surface area (Å²) in [4.78, 5) is 13.7. The Morgan fingerprint density at radius 3 is 2.90 bits per heavy atom. The highest BCUT2D eigenvalue weighted by atomic mass is 35.5. The summed E-state index contributed by atoms with van der Waals surface area (Å²) >= 11 is 18.5. The molecule has 1 unspecified atom stereocenters. The Morgan fingerprint density at radius 1 is 1.50 bits per heavy atom. The van der Waals surface area contributed by atoms with Gasteiger partial charge in [0.15, 0.2) is 0 Å². The molecule has 1 aromatic rings. The van der Waals surface area contributed by atoms with E-state index in [4.69, 9.17) is 35.4 Å². The highest BCUT2D eigenvalue weighted by molar-refractivity contribution is 8.24. The summed E-state index contributed by atoms with van der Waals surface area (Å²) in [7, 11) is 0. The van der Waals surface area contributed by atoms with E-state index in [0.29, 0.717) is 27.5 Å². The maximum Gasteiger partial charge on any atom is 0.243 e. The fourth-order valence-electron chi connectivity index (χ4n) is 1.76. The number of rotatable bonds is 5. The van der Waals surface area contributed by atoms with Gasteiger partial charge in [-0.1, -0.05) is 53.3 Å². The molecule has 1 N–H and O–H groups in total. The molecule has 1 aliphatic heterocycles. The van der Waals surface area contributed by atoms with Crippen molar-refractivity contribution in [2.75, 3.05) is 18.4 Å². The molecule has 106 valence electrons. The van der Waals surface area contributed by atoms with Crippen LogP contribution in [0.4, 0.5) is 5.69 Å². The van der Waals surface area contributed by atoms with Gasteiger partial charge in [-0.2, -0.15) is 0 Å². The molecule has 2 rings (SSSR count). The fraction of sp³-hybridized carbons (Fsp3) is 0.231. The van der Waals surface area contributed by atoms with Crippen molar-refractivity contribution in [3.8, 4) is 0 Å². The predicted octanol–water partition coefficient (Wildman–Crippen LogP) is 3.82. The molecule has 0 aliphatic carbocycles. The number of thioether (sulfide) groups is 1. The van der Waals surface area contributed by atoms with Gasteiger partial charge in [0.25, 0.3) is 0 Å². The van der Waals surface area contributed by atoms with Gasteiger partial charge in [0, 0.05) is 18.1 Å². The van der Waals surface area contributed by atoms with Gasteiger partial charge in [-0.15, -0.1) is 6.58 Å². The molecule has 0 aromatic heterocycles. The van der Waals surface area contributed by atoms with E-state index < -0.39 is 0 Å². The molecule has 1 atom stereocenters. The van der Waals surface area contributed by atoms with E-state index in [9.17, 15) is 4.79 Å². The Morgan fingerprint density at radius 2 is 2.25 bits per heavy atom. The molecule has 1 saturated heterocycles. The first-order chi connectivity index (χ1) is 9.52. The highest BCUT2D eigenvalue weighted by Gasteiger charge is 2.35.